The van der Waals surface area contributed by atoms with E-state index in [9.17, 15) is 9.65 Å². The molecule has 94 valence electrons. The molecule has 2 aromatic carbocycles. The molecule has 3 rings (SSSR count). The zero-order valence-corrected chi connectivity index (χ0v) is 10.4. The van der Waals surface area contributed by atoms with Gasteiger partial charge in [0.25, 0.3) is 0 Å². The molecule has 2 aromatic rings. The summed E-state index contributed by atoms with van der Waals surface area (Å²) in [6.45, 7) is 0. The Balaban J connectivity index is 1.98. The lowest BCUT2D eigenvalue weighted by molar-refractivity contribution is 0.616. The standard InChI is InChI=1S/C16H13FN2/c17-13-5-7-14(8-6-13)19-16(11-18)10-9-12-3-1-2-4-15(12)16/h1-8,19H,9-10H2. The molecule has 19 heavy (non-hydrogen) atoms. The van der Waals surface area contributed by atoms with Gasteiger partial charge in [-0.2, -0.15) is 5.26 Å². The molecule has 0 radical (unpaired) electrons. The van der Waals surface area contributed by atoms with E-state index in [-0.39, 0.29) is 5.82 Å². The Morgan fingerprint density at radius 3 is 2.58 bits per heavy atom. The fourth-order valence-electron chi connectivity index (χ4n) is 2.67. The third kappa shape index (κ3) is 1.96. The first kappa shape index (κ1) is 11.7. The Kier molecular flexibility index (Phi) is 2.72. The number of nitrogens with zero attached hydrogens (tertiary/aromatic N) is 1. The van der Waals surface area contributed by atoms with Crippen LogP contribution in [0.5, 0.6) is 0 Å². The number of nitriles is 1. The normalized spacial score (nSPS) is 20.6. The van der Waals surface area contributed by atoms with Crippen LogP contribution in [0.4, 0.5) is 10.1 Å². The van der Waals surface area contributed by atoms with E-state index in [1.807, 2.05) is 18.2 Å². The van der Waals surface area contributed by atoms with E-state index in [2.05, 4.69) is 17.5 Å². The predicted molar refractivity (Wildman–Crippen MR) is 72.1 cm³/mol. The van der Waals surface area contributed by atoms with Crippen LogP contribution in [-0.4, -0.2) is 0 Å². The molecule has 1 aliphatic carbocycles. The maximum absolute atomic E-state index is 12.9. The average molecular weight is 252 g/mol. The number of benzene rings is 2. The second kappa shape index (κ2) is 4.40. The Morgan fingerprint density at radius 1 is 1.11 bits per heavy atom. The Hall–Kier alpha value is -2.34. The highest BCUT2D eigenvalue weighted by molar-refractivity contribution is 5.55. The van der Waals surface area contributed by atoms with E-state index in [1.54, 1.807) is 12.1 Å². The van der Waals surface area contributed by atoms with Gasteiger partial charge >= 0.3 is 0 Å². The summed E-state index contributed by atoms with van der Waals surface area (Å²) in [5, 5.41) is 12.9. The van der Waals surface area contributed by atoms with E-state index >= 15 is 0 Å². The molecular formula is C16H13FN2. The first-order valence-corrected chi connectivity index (χ1v) is 6.27. The molecule has 1 unspecified atom stereocenters. The van der Waals surface area contributed by atoms with E-state index < -0.39 is 5.54 Å². The van der Waals surface area contributed by atoms with Gasteiger partial charge in [0.05, 0.1) is 6.07 Å². The monoisotopic (exact) mass is 252 g/mol. The predicted octanol–water partition coefficient (Wildman–Crippen LogP) is 3.60. The molecule has 0 spiro atoms. The summed E-state index contributed by atoms with van der Waals surface area (Å²) in [4.78, 5) is 0. The van der Waals surface area contributed by atoms with E-state index in [4.69, 9.17) is 0 Å². The smallest absolute Gasteiger partial charge is 0.151 e. The van der Waals surface area contributed by atoms with Gasteiger partial charge in [0.15, 0.2) is 5.54 Å². The molecule has 0 aromatic heterocycles. The molecule has 1 atom stereocenters. The lowest BCUT2D eigenvalue weighted by atomic mass is 9.93. The molecule has 0 heterocycles. The van der Waals surface area contributed by atoms with E-state index in [0.717, 1.165) is 24.1 Å². The third-order valence-electron chi connectivity index (χ3n) is 3.64. The molecule has 3 heteroatoms. The van der Waals surface area contributed by atoms with Crippen LogP contribution in [0.2, 0.25) is 0 Å². The summed E-state index contributed by atoms with van der Waals surface area (Å²) in [5.74, 6) is -0.275. The Bertz CT molecular complexity index is 643. The van der Waals surface area contributed by atoms with Crippen molar-refractivity contribution in [3.05, 3.63) is 65.5 Å². The summed E-state index contributed by atoms with van der Waals surface area (Å²) in [6, 6.07) is 16.5. The minimum atomic E-state index is -0.700. The van der Waals surface area contributed by atoms with Crippen molar-refractivity contribution in [2.75, 3.05) is 5.32 Å². The summed E-state index contributed by atoms with van der Waals surface area (Å²) in [5.41, 5.74) is 2.30. The third-order valence-corrected chi connectivity index (χ3v) is 3.64. The molecule has 1 aliphatic rings. The summed E-state index contributed by atoms with van der Waals surface area (Å²) in [7, 11) is 0. The Morgan fingerprint density at radius 2 is 1.84 bits per heavy atom. The average Bonchev–Trinajstić information content (AvgIpc) is 2.81. The summed E-state index contributed by atoms with van der Waals surface area (Å²) < 4.78 is 12.9. The topological polar surface area (TPSA) is 35.8 Å². The Labute approximate surface area is 111 Å². The van der Waals surface area contributed by atoms with Gasteiger partial charge in [-0.05, 0) is 48.2 Å². The van der Waals surface area contributed by atoms with Crippen molar-refractivity contribution < 1.29 is 4.39 Å². The van der Waals surface area contributed by atoms with Crippen molar-refractivity contribution in [1.29, 1.82) is 5.26 Å². The largest absolute Gasteiger partial charge is 0.364 e. The van der Waals surface area contributed by atoms with Crippen molar-refractivity contribution in [2.24, 2.45) is 0 Å². The second-order valence-electron chi connectivity index (χ2n) is 4.81. The fourth-order valence-corrected chi connectivity index (χ4v) is 2.67. The van der Waals surface area contributed by atoms with Crippen LogP contribution in [0.15, 0.2) is 48.5 Å². The molecule has 0 aliphatic heterocycles. The second-order valence-corrected chi connectivity index (χ2v) is 4.81. The number of halogens is 1. The maximum Gasteiger partial charge on any atom is 0.151 e. The minimum Gasteiger partial charge on any atom is -0.364 e. The zero-order valence-electron chi connectivity index (χ0n) is 10.4. The first-order chi connectivity index (χ1) is 9.23. The van der Waals surface area contributed by atoms with Gasteiger partial charge in [-0.25, -0.2) is 4.39 Å². The minimum absolute atomic E-state index is 0.275. The van der Waals surface area contributed by atoms with Crippen molar-refractivity contribution >= 4 is 5.69 Å². The highest BCUT2D eigenvalue weighted by atomic mass is 19.1. The number of aryl methyl sites for hydroxylation is 1. The maximum atomic E-state index is 12.9. The molecule has 0 amide bonds. The van der Waals surface area contributed by atoms with Gasteiger partial charge in [-0.3, -0.25) is 0 Å². The molecule has 0 saturated heterocycles. The summed E-state index contributed by atoms with van der Waals surface area (Å²) >= 11 is 0. The number of fused-ring (bicyclic) bond motifs is 1. The van der Waals surface area contributed by atoms with Crippen molar-refractivity contribution in [3.63, 3.8) is 0 Å². The van der Waals surface area contributed by atoms with Gasteiger partial charge in [0.2, 0.25) is 0 Å². The quantitative estimate of drug-likeness (QED) is 0.886. The van der Waals surface area contributed by atoms with Gasteiger partial charge in [0, 0.05) is 5.69 Å². The lowest BCUT2D eigenvalue weighted by Gasteiger charge is -2.25. The molecule has 1 N–H and O–H groups in total. The van der Waals surface area contributed by atoms with Crippen molar-refractivity contribution in [1.82, 2.24) is 0 Å². The number of anilines is 1. The summed E-state index contributed by atoms with van der Waals surface area (Å²) in [6.07, 6.45) is 1.62. The van der Waals surface area contributed by atoms with E-state index in [1.165, 1.54) is 17.7 Å². The van der Waals surface area contributed by atoms with Crippen LogP contribution in [0.25, 0.3) is 0 Å². The van der Waals surface area contributed by atoms with Crippen LogP contribution in [-0.2, 0) is 12.0 Å². The van der Waals surface area contributed by atoms with Crippen molar-refractivity contribution in [3.8, 4) is 6.07 Å². The van der Waals surface area contributed by atoms with Crippen LogP contribution >= 0.6 is 0 Å². The first-order valence-electron chi connectivity index (χ1n) is 6.27. The van der Waals surface area contributed by atoms with Crippen molar-refractivity contribution in [2.45, 2.75) is 18.4 Å². The van der Waals surface area contributed by atoms with Crippen LogP contribution < -0.4 is 5.32 Å². The number of rotatable bonds is 2. The van der Waals surface area contributed by atoms with Crippen LogP contribution in [0.1, 0.15) is 17.5 Å². The van der Waals surface area contributed by atoms with Crippen LogP contribution in [0.3, 0.4) is 0 Å². The zero-order chi connectivity index (χ0) is 13.3. The van der Waals surface area contributed by atoms with E-state index in [0.29, 0.717) is 0 Å². The number of nitrogens with one attached hydrogen (secondary N) is 1. The highest BCUT2D eigenvalue weighted by Gasteiger charge is 2.38. The SMILES string of the molecule is N#CC1(Nc2ccc(F)cc2)CCc2ccccc21. The van der Waals surface area contributed by atoms with Gasteiger partial charge in [0.1, 0.15) is 5.82 Å². The molecule has 0 fully saturated rings. The van der Waals surface area contributed by atoms with Crippen LogP contribution in [0, 0.1) is 17.1 Å². The fraction of sp³-hybridized carbons (Fsp3) is 0.188. The molecular weight excluding hydrogens is 239 g/mol. The molecule has 0 bridgehead atoms. The van der Waals surface area contributed by atoms with Gasteiger partial charge in [-0.15, -0.1) is 0 Å². The molecule has 2 nitrogen and oxygen atoms in total. The number of hydrogen-bond acceptors (Lipinski definition) is 2. The van der Waals surface area contributed by atoms with Gasteiger partial charge < -0.3 is 5.32 Å². The highest BCUT2D eigenvalue weighted by Crippen LogP contribution is 2.39. The lowest BCUT2D eigenvalue weighted by Crippen LogP contribution is -2.31. The number of hydrogen-bond donors (Lipinski definition) is 1. The van der Waals surface area contributed by atoms with Gasteiger partial charge in [-0.1, -0.05) is 24.3 Å². The molecule has 0 saturated carbocycles.